The van der Waals surface area contributed by atoms with Gasteiger partial charge >= 0.3 is 0 Å². The van der Waals surface area contributed by atoms with Crippen LogP contribution >= 0.6 is 0 Å². The largest absolute Gasteiger partial charge is 0.369 e. The number of anilines is 1. The van der Waals surface area contributed by atoms with Gasteiger partial charge in [0, 0.05) is 31.2 Å². The average Bonchev–Trinajstić information content (AvgIpc) is 2.66. The van der Waals surface area contributed by atoms with E-state index in [1.807, 2.05) is 0 Å². The predicted molar refractivity (Wildman–Crippen MR) is 73.6 cm³/mol. The molecule has 3 nitrogen and oxygen atoms in total. The second-order valence-corrected chi connectivity index (χ2v) is 5.08. The van der Waals surface area contributed by atoms with Crippen molar-refractivity contribution in [2.45, 2.75) is 12.3 Å². The quantitative estimate of drug-likeness (QED) is 0.836. The van der Waals surface area contributed by atoms with Gasteiger partial charge in [-0.3, -0.25) is 0 Å². The van der Waals surface area contributed by atoms with E-state index in [9.17, 15) is 0 Å². The topological polar surface area (TPSA) is 32.5 Å². The molecule has 0 spiro atoms. The summed E-state index contributed by atoms with van der Waals surface area (Å²) in [6, 6.07) is 8.76. The monoisotopic (exact) mass is 233 g/mol. The molecule has 1 aromatic rings. The Bertz CT molecular complexity index is 362. The SMILES string of the molecule is CN(C)CCN1CC(CCN)c2ccccc21. The van der Waals surface area contributed by atoms with Crippen LogP contribution in [0.2, 0.25) is 0 Å². The molecule has 1 unspecified atom stereocenters. The van der Waals surface area contributed by atoms with Crippen molar-refractivity contribution in [2.24, 2.45) is 5.73 Å². The number of fused-ring (bicyclic) bond motifs is 1. The summed E-state index contributed by atoms with van der Waals surface area (Å²) in [5.41, 5.74) is 8.60. The van der Waals surface area contributed by atoms with Gasteiger partial charge in [0.2, 0.25) is 0 Å². The van der Waals surface area contributed by atoms with Crippen LogP contribution in [0.15, 0.2) is 24.3 Å². The number of para-hydroxylation sites is 1. The molecule has 0 fully saturated rings. The Labute approximate surface area is 104 Å². The second kappa shape index (κ2) is 5.52. The lowest BCUT2D eigenvalue weighted by atomic mass is 9.98. The number of nitrogens with two attached hydrogens (primary N) is 1. The van der Waals surface area contributed by atoms with Crippen molar-refractivity contribution >= 4 is 5.69 Å². The standard InChI is InChI=1S/C14H23N3/c1-16(2)9-10-17-11-12(7-8-15)13-5-3-4-6-14(13)17/h3-6,12H,7-11,15H2,1-2H3. The average molecular weight is 233 g/mol. The van der Waals surface area contributed by atoms with E-state index in [-0.39, 0.29) is 0 Å². The summed E-state index contributed by atoms with van der Waals surface area (Å²) in [4.78, 5) is 4.73. The zero-order valence-electron chi connectivity index (χ0n) is 10.9. The van der Waals surface area contributed by atoms with Gasteiger partial charge in [0.05, 0.1) is 0 Å². The van der Waals surface area contributed by atoms with Crippen LogP contribution in [0.3, 0.4) is 0 Å². The number of nitrogens with zero attached hydrogens (tertiary/aromatic N) is 2. The maximum Gasteiger partial charge on any atom is 0.0402 e. The molecule has 0 radical (unpaired) electrons. The molecule has 0 saturated carbocycles. The summed E-state index contributed by atoms with van der Waals surface area (Å²) in [5, 5.41) is 0. The summed E-state index contributed by atoms with van der Waals surface area (Å²) in [7, 11) is 4.25. The van der Waals surface area contributed by atoms with Crippen molar-refractivity contribution in [3.63, 3.8) is 0 Å². The first kappa shape index (κ1) is 12.4. The molecule has 1 aliphatic heterocycles. The maximum atomic E-state index is 5.71. The summed E-state index contributed by atoms with van der Waals surface area (Å²) >= 11 is 0. The molecule has 3 heteroatoms. The molecule has 94 valence electrons. The van der Waals surface area contributed by atoms with Gasteiger partial charge in [0.25, 0.3) is 0 Å². The molecule has 0 aromatic heterocycles. The Kier molecular flexibility index (Phi) is 4.02. The van der Waals surface area contributed by atoms with E-state index < -0.39 is 0 Å². The Morgan fingerprint density at radius 3 is 2.82 bits per heavy atom. The number of hydrogen-bond donors (Lipinski definition) is 1. The molecule has 1 heterocycles. The number of hydrogen-bond acceptors (Lipinski definition) is 3. The van der Waals surface area contributed by atoms with Gasteiger partial charge in [-0.1, -0.05) is 18.2 Å². The molecule has 1 aliphatic rings. The van der Waals surface area contributed by atoms with Crippen LogP contribution in [-0.2, 0) is 0 Å². The smallest absolute Gasteiger partial charge is 0.0402 e. The Morgan fingerprint density at radius 1 is 1.35 bits per heavy atom. The van der Waals surface area contributed by atoms with Gasteiger partial charge in [0.1, 0.15) is 0 Å². The van der Waals surface area contributed by atoms with Crippen molar-refractivity contribution in [3.8, 4) is 0 Å². The van der Waals surface area contributed by atoms with Crippen LogP contribution in [-0.4, -0.2) is 45.2 Å². The highest BCUT2D eigenvalue weighted by Gasteiger charge is 2.26. The first-order chi connectivity index (χ1) is 8.22. The predicted octanol–water partition coefficient (Wildman–Crippen LogP) is 1.50. The van der Waals surface area contributed by atoms with Gasteiger partial charge < -0.3 is 15.5 Å². The summed E-state index contributed by atoms with van der Waals surface area (Å²) in [5.74, 6) is 0.623. The molecule has 17 heavy (non-hydrogen) atoms. The summed E-state index contributed by atoms with van der Waals surface area (Å²) in [6.45, 7) is 4.11. The first-order valence-electron chi connectivity index (χ1n) is 6.41. The molecule has 0 amide bonds. The van der Waals surface area contributed by atoms with E-state index in [1.165, 1.54) is 11.3 Å². The van der Waals surface area contributed by atoms with Crippen LogP contribution in [0.5, 0.6) is 0 Å². The summed E-state index contributed by atoms with van der Waals surface area (Å²) in [6.07, 6.45) is 1.09. The number of rotatable bonds is 5. The Hall–Kier alpha value is -1.06. The van der Waals surface area contributed by atoms with Gasteiger partial charge in [0.15, 0.2) is 0 Å². The highest BCUT2D eigenvalue weighted by atomic mass is 15.2. The lowest BCUT2D eigenvalue weighted by Gasteiger charge is -2.22. The molecular weight excluding hydrogens is 210 g/mol. The van der Waals surface area contributed by atoms with Gasteiger partial charge in [-0.2, -0.15) is 0 Å². The second-order valence-electron chi connectivity index (χ2n) is 5.08. The van der Waals surface area contributed by atoms with Gasteiger partial charge in [-0.15, -0.1) is 0 Å². The molecular formula is C14H23N3. The van der Waals surface area contributed by atoms with Crippen molar-refractivity contribution in [1.29, 1.82) is 0 Å². The lowest BCUT2D eigenvalue weighted by Crippen LogP contribution is -2.31. The molecule has 1 atom stereocenters. The van der Waals surface area contributed by atoms with E-state index in [0.29, 0.717) is 5.92 Å². The minimum atomic E-state index is 0.623. The highest BCUT2D eigenvalue weighted by Crippen LogP contribution is 2.37. The van der Waals surface area contributed by atoms with E-state index in [0.717, 1.165) is 32.6 Å². The van der Waals surface area contributed by atoms with Gasteiger partial charge in [-0.05, 0) is 38.7 Å². The minimum absolute atomic E-state index is 0.623. The van der Waals surface area contributed by atoms with Crippen molar-refractivity contribution < 1.29 is 0 Å². The van der Waals surface area contributed by atoms with Crippen LogP contribution < -0.4 is 10.6 Å². The third-order valence-corrected chi connectivity index (χ3v) is 3.49. The lowest BCUT2D eigenvalue weighted by molar-refractivity contribution is 0.413. The van der Waals surface area contributed by atoms with Crippen LogP contribution in [0.25, 0.3) is 0 Å². The first-order valence-corrected chi connectivity index (χ1v) is 6.41. The number of likely N-dealkylation sites (N-methyl/N-ethyl adjacent to an activating group) is 1. The molecule has 2 rings (SSSR count). The van der Waals surface area contributed by atoms with Crippen LogP contribution in [0, 0.1) is 0 Å². The summed E-state index contributed by atoms with van der Waals surface area (Å²) < 4.78 is 0. The van der Waals surface area contributed by atoms with E-state index in [4.69, 9.17) is 5.73 Å². The zero-order chi connectivity index (χ0) is 12.3. The third-order valence-electron chi connectivity index (χ3n) is 3.49. The highest BCUT2D eigenvalue weighted by molar-refractivity contribution is 5.60. The fraction of sp³-hybridized carbons (Fsp3) is 0.571. The van der Waals surface area contributed by atoms with E-state index in [1.54, 1.807) is 0 Å². The number of benzene rings is 1. The molecule has 2 N–H and O–H groups in total. The zero-order valence-corrected chi connectivity index (χ0v) is 10.9. The minimum Gasteiger partial charge on any atom is -0.369 e. The van der Waals surface area contributed by atoms with Crippen molar-refractivity contribution in [3.05, 3.63) is 29.8 Å². The Morgan fingerprint density at radius 2 is 2.12 bits per heavy atom. The van der Waals surface area contributed by atoms with Crippen molar-refractivity contribution in [1.82, 2.24) is 4.90 Å². The van der Waals surface area contributed by atoms with Gasteiger partial charge in [-0.25, -0.2) is 0 Å². The normalized spacial score (nSPS) is 18.8. The van der Waals surface area contributed by atoms with Crippen molar-refractivity contribution in [2.75, 3.05) is 45.2 Å². The third kappa shape index (κ3) is 2.79. The molecule has 1 aromatic carbocycles. The fourth-order valence-corrected chi connectivity index (χ4v) is 2.56. The molecule has 0 aliphatic carbocycles. The van der Waals surface area contributed by atoms with E-state index >= 15 is 0 Å². The molecule has 0 saturated heterocycles. The van der Waals surface area contributed by atoms with E-state index in [2.05, 4.69) is 48.2 Å². The molecule has 0 bridgehead atoms. The fourth-order valence-electron chi connectivity index (χ4n) is 2.56. The van der Waals surface area contributed by atoms with Crippen LogP contribution in [0.4, 0.5) is 5.69 Å². The maximum absolute atomic E-state index is 5.71. The Balaban J connectivity index is 2.11. The van der Waals surface area contributed by atoms with Crippen LogP contribution in [0.1, 0.15) is 17.9 Å².